The van der Waals surface area contributed by atoms with E-state index in [1.165, 1.54) is 61.2 Å². The molecule has 0 aliphatic rings. The van der Waals surface area contributed by atoms with Crippen molar-refractivity contribution in [3.63, 3.8) is 0 Å². The van der Waals surface area contributed by atoms with Gasteiger partial charge in [0.2, 0.25) is 0 Å². The van der Waals surface area contributed by atoms with Gasteiger partial charge in [-0.25, -0.2) is 0 Å². The Morgan fingerprint density at radius 2 is 1.05 bits per heavy atom. The summed E-state index contributed by atoms with van der Waals surface area (Å²) in [6, 6.07) is 48.3. The summed E-state index contributed by atoms with van der Waals surface area (Å²) in [5, 5.41) is 6.24. The van der Waals surface area contributed by atoms with Gasteiger partial charge in [-0.3, -0.25) is 9.97 Å². The standard InChI is InChI=1S/C54H40N4O.Pt/c1-31-12-9-13-32(2)48(31)42-24-25-43(49-33(3)14-10-15-34(49)4)52-51(42)41-23-21-38(29-45(41)53-55-26-27-57(52)53)59-37-20-22-39-40-18-7-8-19-46(40)58-47(30-56-54(58)44(39)28-37)50-35(5)16-11-17-36(50)6;/h7-27,30H,1-6H3;/q-2;+2. The molecule has 6 heteroatoms. The molecular formula is C54H40N4OPt. The quantitative estimate of drug-likeness (QED) is 0.128. The smallest absolute Gasteiger partial charge is 0.497 e. The van der Waals surface area contributed by atoms with Crippen LogP contribution in [-0.4, -0.2) is 18.8 Å². The summed E-state index contributed by atoms with van der Waals surface area (Å²) in [6.45, 7) is 13.1. The molecule has 4 heterocycles. The van der Waals surface area contributed by atoms with Gasteiger partial charge in [0.25, 0.3) is 0 Å². The third-order valence-corrected chi connectivity index (χ3v) is 12.3. The van der Waals surface area contributed by atoms with E-state index in [-0.39, 0.29) is 21.1 Å². The summed E-state index contributed by atoms with van der Waals surface area (Å²) in [6.07, 6.45) is 5.96. The SMILES string of the molecule is Cc1cccc(C)c1-c1ccc(-c2c(C)cccc2C)c2c1c1ccc(Oc3[c-]c4c(cc3)c3ccccc3n3c(-c5c(C)cccc5C)cnc43)[c-]c1c1nccn12.[Pt+2]. The molecule has 292 valence electrons. The van der Waals surface area contributed by atoms with Crippen molar-refractivity contribution in [1.82, 2.24) is 18.8 Å². The number of hydrogen-bond donors (Lipinski definition) is 0. The van der Waals surface area contributed by atoms with Gasteiger partial charge in [0.15, 0.2) is 0 Å². The van der Waals surface area contributed by atoms with Crippen LogP contribution in [-0.2, 0) is 21.1 Å². The minimum absolute atomic E-state index is 0. The fourth-order valence-corrected chi connectivity index (χ4v) is 9.71. The van der Waals surface area contributed by atoms with Gasteiger partial charge in [0.05, 0.1) is 17.0 Å². The number of rotatable bonds is 5. The normalized spacial score (nSPS) is 11.7. The average Bonchev–Trinajstić information content (AvgIpc) is 3.90. The zero-order chi connectivity index (χ0) is 40.1. The number of pyridine rings is 2. The van der Waals surface area contributed by atoms with Crippen molar-refractivity contribution in [1.29, 1.82) is 0 Å². The van der Waals surface area contributed by atoms with Crippen molar-refractivity contribution < 1.29 is 25.8 Å². The van der Waals surface area contributed by atoms with E-state index in [0.717, 1.165) is 60.3 Å². The fourth-order valence-electron chi connectivity index (χ4n) is 9.71. The molecule has 11 rings (SSSR count). The fraction of sp³-hybridized carbons (Fsp3) is 0.111. The number of ether oxygens (including phenoxy) is 1. The van der Waals surface area contributed by atoms with Gasteiger partial charge in [0, 0.05) is 52.2 Å². The van der Waals surface area contributed by atoms with Crippen LogP contribution >= 0.6 is 0 Å². The van der Waals surface area contributed by atoms with Crippen LogP contribution in [0, 0.1) is 53.7 Å². The van der Waals surface area contributed by atoms with Gasteiger partial charge in [-0.05, 0) is 108 Å². The van der Waals surface area contributed by atoms with E-state index in [4.69, 9.17) is 14.7 Å². The molecule has 0 atom stereocenters. The first kappa shape index (κ1) is 37.7. The molecule has 0 aliphatic carbocycles. The Kier molecular flexibility index (Phi) is 9.00. The largest absolute Gasteiger partial charge is 2.00 e. The molecule has 0 saturated heterocycles. The zero-order valence-corrected chi connectivity index (χ0v) is 36.5. The molecule has 60 heavy (non-hydrogen) atoms. The van der Waals surface area contributed by atoms with Gasteiger partial charge in [-0.2, -0.15) is 0 Å². The van der Waals surface area contributed by atoms with Crippen molar-refractivity contribution >= 4 is 54.6 Å². The summed E-state index contributed by atoms with van der Waals surface area (Å²) in [7, 11) is 0. The Hall–Kier alpha value is -6.55. The molecule has 0 bridgehead atoms. The molecule has 0 saturated carbocycles. The third-order valence-electron chi connectivity index (χ3n) is 12.3. The summed E-state index contributed by atoms with van der Waals surface area (Å²) < 4.78 is 11.2. The topological polar surface area (TPSA) is 43.8 Å². The first-order valence-corrected chi connectivity index (χ1v) is 20.2. The van der Waals surface area contributed by atoms with Gasteiger partial charge in [-0.1, -0.05) is 131 Å². The van der Waals surface area contributed by atoms with Gasteiger partial charge >= 0.3 is 21.1 Å². The van der Waals surface area contributed by atoms with Crippen molar-refractivity contribution in [3.8, 4) is 45.0 Å². The molecule has 0 fully saturated rings. The second kappa shape index (κ2) is 14.3. The number of aryl methyl sites for hydroxylation is 6. The predicted octanol–water partition coefficient (Wildman–Crippen LogP) is 13.8. The van der Waals surface area contributed by atoms with Crippen LogP contribution in [0.5, 0.6) is 11.5 Å². The Labute approximate surface area is 363 Å². The van der Waals surface area contributed by atoms with Crippen LogP contribution in [0.15, 0.2) is 134 Å². The maximum Gasteiger partial charge on any atom is 2.00 e. The van der Waals surface area contributed by atoms with Crippen LogP contribution in [0.25, 0.3) is 88.2 Å². The molecule has 0 unspecified atom stereocenters. The van der Waals surface area contributed by atoms with Crippen molar-refractivity contribution in [2.75, 3.05) is 0 Å². The van der Waals surface area contributed by atoms with E-state index in [0.29, 0.717) is 11.5 Å². The van der Waals surface area contributed by atoms with Crippen LogP contribution in [0.3, 0.4) is 0 Å². The molecule has 0 radical (unpaired) electrons. The van der Waals surface area contributed by atoms with Crippen molar-refractivity contribution in [2.45, 2.75) is 41.5 Å². The molecular weight excluding hydrogens is 916 g/mol. The maximum absolute atomic E-state index is 6.72. The summed E-state index contributed by atoms with van der Waals surface area (Å²) in [4.78, 5) is 10.0. The minimum atomic E-state index is 0. The third kappa shape index (κ3) is 5.63. The Balaban J connectivity index is 0.00000433. The van der Waals surface area contributed by atoms with E-state index in [1.807, 2.05) is 24.5 Å². The summed E-state index contributed by atoms with van der Waals surface area (Å²) in [5.41, 5.74) is 18.4. The Bertz CT molecular complexity index is 3500. The molecule has 0 aliphatic heterocycles. The number of hydrogen-bond acceptors (Lipinski definition) is 3. The van der Waals surface area contributed by atoms with Crippen LogP contribution < -0.4 is 4.74 Å². The second-order valence-corrected chi connectivity index (χ2v) is 15.9. The molecule has 5 nitrogen and oxygen atoms in total. The monoisotopic (exact) mass is 955 g/mol. The van der Waals surface area contributed by atoms with E-state index < -0.39 is 0 Å². The number of fused-ring (bicyclic) bond motifs is 12. The van der Waals surface area contributed by atoms with Gasteiger partial charge in [0.1, 0.15) is 0 Å². The van der Waals surface area contributed by atoms with Gasteiger partial charge < -0.3 is 13.5 Å². The first-order valence-electron chi connectivity index (χ1n) is 20.2. The number of nitrogens with zero attached hydrogens (tertiary/aromatic N) is 4. The average molecular weight is 956 g/mol. The Morgan fingerprint density at radius 3 is 1.70 bits per heavy atom. The van der Waals surface area contributed by atoms with Gasteiger partial charge in [-0.15, -0.1) is 12.1 Å². The van der Waals surface area contributed by atoms with Crippen LogP contribution in [0.4, 0.5) is 0 Å². The maximum atomic E-state index is 6.72. The Morgan fingerprint density at radius 1 is 0.500 bits per heavy atom. The number of para-hydroxylation sites is 1. The molecule has 0 amide bonds. The summed E-state index contributed by atoms with van der Waals surface area (Å²) >= 11 is 0. The van der Waals surface area contributed by atoms with Crippen LogP contribution in [0.1, 0.15) is 33.4 Å². The van der Waals surface area contributed by atoms with Crippen molar-refractivity contribution in [2.24, 2.45) is 0 Å². The molecule has 0 N–H and O–H groups in total. The number of benzene rings is 7. The van der Waals surface area contributed by atoms with E-state index in [2.05, 4.69) is 172 Å². The van der Waals surface area contributed by atoms with Crippen LogP contribution in [0.2, 0.25) is 0 Å². The summed E-state index contributed by atoms with van der Waals surface area (Å²) in [5.74, 6) is 1.18. The predicted molar refractivity (Wildman–Crippen MR) is 243 cm³/mol. The van der Waals surface area contributed by atoms with E-state index in [9.17, 15) is 0 Å². The molecule has 4 aromatic heterocycles. The van der Waals surface area contributed by atoms with E-state index >= 15 is 0 Å². The molecule has 11 aromatic rings. The number of aromatic nitrogens is 4. The van der Waals surface area contributed by atoms with Crippen molar-refractivity contribution in [3.05, 3.63) is 179 Å². The molecule has 0 spiro atoms. The zero-order valence-electron chi connectivity index (χ0n) is 34.2. The minimum Gasteiger partial charge on any atom is -0.497 e. The molecule has 7 aromatic carbocycles. The second-order valence-electron chi connectivity index (χ2n) is 15.9. The first-order chi connectivity index (χ1) is 28.8. The number of imidazole rings is 2. The van der Waals surface area contributed by atoms with E-state index in [1.54, 1.807) is 0 Å².